The van der Waals surface area contributed by atoms with E-state index in [0.717, 1.165) is 17.1 Å². The monoisotopic (exact) mass is 416 g/mol. The fourth-order valence-electron chi connectivity index (χ4n) is 1.70. The van der Waals surface area contributed by atoms with Crippen molar-refractivity contribution in [2.24, 2.45) is 17.8 Å². The number of ether oxygens (including phenoxy) is 1. The molecule has 0 saturated carbocycles. The van der Waals surface area contributed by atoms with Crippen LogP contribution in [0.15, 0.2) is 35.5 Å². The molecule has 7 nitrogen and oxygen atoms in total. The molecule has 1 heterocycles. The number of nitrogens with one attached hydrogen (secondary N) is 1. The van der Waals surface area contributed by atoms with E-state index in [2.05, 4.69) is 20.6 Å². The van der Waals surface area contributed by atoms with Gasteiger partial charge in [0.1, 0.15) is 5.75 Å². The number of halogens is 1. The second-order valence-corrected chi connectivity index (χ2v) is 4.87. The SMILES string of the molecule is CC(C)Oc1ccc(NC(N)=NCc2cnnn2C)cc1.I. The van der Waals surface area contributed by atoms with Crippen LogP contribution in [-0.2, 0) is 13.6 Å². The molecule has 1 aromatic carbocycles. The first kappa shape index (κ1) is 18.2. The number of aliphatic imine (C=N–C) groups is 1. The Kier molecular flexibility index (Phi) is 7.09. The maximum Gasteiger partial charge on any atom is 0.193 e. The van der Waals surface area contributed by atoms with Crippen LogP contribution in [0.2, 0.25) is 0 Å². The Morgan fingerprint density at radius 1 is 1.36 bits per heavy atom. The van der Waals surface area contributed by atoms with Gasteiger partial charge < -0.3 is 15.8 Å². The number of guanidine groups is 1. The number of hydrogen-bond acceptors (Lipinski definition) is 4. The number of nitrogens with zero attached hydrogens (tertiary/aromatic N) is 4. The van der Waals surface area contributed by atoms with E-state index in [1.54, 1.807) is 10.9 Å². The summed E-state index contributed by atoms with van der Waals surface area (Å²) in [6.07, 6.45) is 1.82. The van der Waals surface area contributed by atoms with Crippen molar-refractivity contribution in [2.75, 3.05) is 5.32 Å². The summed E-state index contributed by atoms with van der Waals surface area (Å²) in [6, 6.07) is 7.57. The number of anilines is 1. The van der Waals surface area contributed by atoms with Crippen molar-refractivity contribution in [3.63, 3.8) is 0 Å². The molecular formula is C14H21IN6O. The minimum atomic E-state index is 0. The van der Waals surface area contributed by atoms with E-state index in [0.29, 0.717) is 12.5 Å². The van der Waals surface area contributed by atoms with Crippen molar-refractivity contribution < 1.29 is 4.74 Å². The van der Waals surface area contributed by atoms with Crippen molar-refractivity contribution in [3.8, 4) is 5.75 Å². The molecule has 0 aliphatic rings. The second-order valence-electron chi connectivity index (χ2n) is 4.87. The van der Waals surface area contributed by atoms with E-state index in [1.807, 2.05) is 45.2 Å². The van der Waals surface area contributed by atoms with E-state index in [4.69, 9.17) is 10.5 Å². The van der Waals surface area contributed by atoms with E-state index in [-0.39, 0.29) is 30.1 Å². The highest BCUT2D eigenvalue weighted by molar-refractivity contribution is 14.0. The van der Waals surface area contributed by atoms with Crippen molar-refractivity contribution >= 4 is 35.6 Å². The van der Waals surface area contributed by atoms with Gasteiger partial charge in [-0.2, -0.15) is 0 Å². The Hall–Kier alpha value is -1.84. The van der Waals surface area contributed by atoms with E-state index in [9.17, 15) is 0 Å². The first-order chi connectivity index (χ1) is 10.0. The van der Waals surface area contributed by atoms with E-state index >= 15 is 0 Å². The van der Waals surface area contributed by atoms with E-state index in [1.165, 1.54) is 0 Å². The highest BCUT2D eigenvalue weighted by Crippen LogP contribution is 2.16. The molecule has 120 valence electrons. The molecule has 0 saturated heterocycles. The Bertz CT molecular complexity index is 608. The zero-order chi connectivity index (χ0) is 15.2. The Labute approximate surface area is 147 Å². The fraction of sp³-hybridized carbons (Fsp3) is 0.357. The van der Waals surface area contributed by atoms with Crippen molar-refractivity contribution in [1.82, 2.24) is 15.0 Å². The van der Waals surface area contributed by atoms with Gasteiger partial charge in [0.05, 0.1) is 24.5 Å². The molecule has 0 atom stereocenters. The zero-order valence-electron chi connectivity index (χ0n) is 12.9. The summed E-state index contributed by atoms with van der Waals surface area (Å²) in [4.78, 5) is 4.24. The third-order valence-electron chi connectivity index (χ3n) is 2.72. The van der Waals surface area contributed by atoms with Gasteiger partial charge >= 0.3 is 0 Å². The molecule has 0 aliphatic heterocycles. The normalized spacial score (nSPS) is 11.2. The lowest BCUT2D eigenvalue weighted by Crippen LogP contribution is -2.22. The minimum Gasteiger partial charge on any atom is -0.491 e. The van der Waals surface area contributed by atoms with Crippen molar-refractivity contribution in [2.45, 2.75) is 26.5 Å². The number of nitrogens with two attached hydrogens (primary N) is 1. The van der Waals surface area contributed by atoms with Gasteiger partial charge in [-0.1, -0.05) is 5.21 Å². The van der Waals surface area contributed by atoms with Crippen LogP contribution in [0, 0.1) is 0 Å². The molecule has 0 spiro atoms. The Balaban J connectivity index is 0.00000242. The molecule has 0 unspecified atom stereocenters. The highest BCUT2D eigenvalue weighted by Gasteiger charge is 2.01. The van der Waals surface area contributed by atoms with Gasteiger partial charge in [0, 0.05) is 12.7 Å². The number of benzene rings is 1. The molecule has 2 rings (SSSR count). The van der Waals surface area contributed by atoms with Gasteiger partial charge in [0.2, 0.25) is 0 Å². The summed E-state index contributed by atoms with van der Waals surface area (Å²) in [7, 11) is 1.81. The maximum absolute atomic E-state index is 5.85. The fourth-order valence-corrected chi connectivity index (χ4v) is 1.70. The molecule has 0 fully saturated rings. The van der Waals surface area contributed by atoms with Crippen LogP contribution < -0.4 is 15.8 Å². The molecule has 2 aromatic rings. The largest absolute Gasteiger partial charge is 0.491 e. The lowest BCUT2D eigenvalue weighted by atomic mass is 10.3. The van der Waals surface area contributed by atoms with Crippen LogP contribution in [0.25, 0.3) is 0 Å². The van der Waals surface area contributed by atoms with Crippen LogP contribution in [0.5, 0.6) is 5.75 Å². The number of aromatic nitrogens is 3. The van der Waals surface area contributed by atoms with Gasteiger partial charge in [0.15, 0.2) is 5.96 Å². The summed E-state index contributed by atoms with van der Waals surface area (Å²) in [5.74, 6) is 1.17. The lowest BCUT2D eigenvalue weighted by Gasteiger charge is -2.10. The van der Waals surface area contributed by atoms with Gasteiger partial charge in [0.25, 0.3) is 0 Å². The average Bonchev–Trinajstić information content (AvgIpc) is 2.84. The van der Waals surface area contributed by atoms with Crippen LogP contribution in [-0.4, -0.2) is 27.1 Å². The van der Waals surface area contributed by atoms with Gasteiger partial charge in [-0.15, -0.1) is 29.1 Å². The van der Waals surface area contributed by atoms with Crippen LogP contribution in [0.3, 0.4) is 0 Å². The van der Waals surface area contributed by atoms with Crippen LogP contribution in [0.4, 0.5) is 5.69 Å². The number of hydrogen-bond donors (Lipinski definition) is 2. The summed E-state index contributed by atoms with van der Waals surface area (Å²) >= 11 is 0. The van der Waals surface area contributed by atoms with Crippen molar-refractivity contribution in [1.29, 1.82) is 0 Å². The molecule has 8 heteroatoms. The number of aryl methyl sites for hydroxylation is 1. The molecule has 22 heavy (non-hydrogen) atoms. The maximum atomic E-state index is 5.85. The predicted molar refractivity (Wildman–Crippen MR) is 97.6 cm³/mol. The highest BCUT2D eigenvalue weighted by atomic mass is 127. The quantitative estimate of drug-likeness (QED) is 0.443. The molecule has 0 aliphatic carbocycles. The Morgan fingerprint density at radius 3 is 2.59 bits per heavy atom. The summed E-state index contributed by atoms with van der Waals surface area (Å²) < 4.78 is 7.24. The minimum absolute atomic E-state index is 0. The van der Waals surface area contributed by atoms with E-state index < -0.39 is 0 Å². The lowest BCUT2D eigenvalue weighted by molar-refractivity contribution is 0.242. The molecule has 0 bridgehead atoms. The number of rotatable bonds is 5. The van der Waals surface area contributed by atoms with Crippen molar-refractivity contribution in [3.05, 3.63) is 36.2 Å². The van der Waals surface area contributed by atoms with Crippen LogP contribution in [0.1, 0.15) is 19.5 Å². The first-order valence-electron chi connectivity index (χ1n) is 6.72. The third-order valence-corrected chi connectivity index (χ3v) is 2.72. The molecule has 0 radical (unpaired) electrons. The molecular weight excluding hydrogens is 395 g/mol. The summed E-state index contributed by atoms with van der Waals surface area (Å²) in [5.41, 5.74) is 7.59. The predicted octanol–water partition coefficient (Wildman–Crippen LogP) is 2.15. The molecule has 3 N–H and O–H groups in total. The topological polar surface area (TPSA) is 90.3 Å². The molecule has 1 aromatic heterocycles. The molecule has 0 amide bonds. The average molecular weight is 416 g/mol. The zero-order valence-corrected chi connectivity index (χ0v) is 15.2. The third kappa shape index (κ3) is 5.51. The van der Waals surface area contributed by atoms with Gasteiger partial charge in [-0.3, -0.25) is 4.68 Å². The standard InChI is InChI=1S/C14H20N6O.HI/c1-10(2)21-13-6-4-11(5-7-13)18-14(15)16-8-12-9-17-19-20(12)3;/h4-7,9-10H,8H2,1-3H3,(H3,15,16,18);1H. The second kappa shape index (κ2) is 8.57. The van der Waals surface area contributed by atoms with Gasteiger partial charge in [-0.05, 0) is 38.1 Å². The summed E-state index contributed by atoms with van der Waals surface area (Å²) in [6.45, 7) is 4.41. The smallest absolute Gasteiger partial charge is 0.193 e. The Morgan fingerprint density at radius 2 is 2.05 bits per heavy atom. The van der Waals surface area contributed by atoms with Crippen LogP contribution >= 0.6 is 24.0 Å². The summed E-state index contributed by atoms with van der Waals surface area (Å²) in [5, 5.41) is 10.6. The first-order valence-corrected chi connectivity index (χ1v) is 6.72. The van der Waals surface area contributed by atoms with Gasteiger partial charge in [-0.25, -0.2) is 4.99 Å².